The van der Waals surface area contributed by atoms with E-state index in [1.165, 1.54) is 0 Å². The van der Waals surface area contributed by atoms with Crippen molar-refractivity contribution >= 4 is 17.5 Å². The molecule has 0 aliphatic carbocycles. The molecule has 1 aromatic heterocycles. The summed E-state index contributed by atoms with van der Waals surface area (Å²) in [6.45, 7) is 10.7. The van der Waals surface area contributed by atoms with Crippen LogP contribution in [0, 0.1) is 19.8 Å². The molecule has 2 saturated heterocycles. The van der Waals surface area contributed by atoms with Crippen molar-refractivity contribution in [2.24, 2.45) is 5.92 Å². The first kappa shape index (κ1) is 20.5. The highest BCUT2D eigenvalue weighted by molar-refractivity contribution is 6.30. The van der Waals surface area contributed by atoms with Gasteiger partial charge in [-0.1, -0.05) is 11.6 Å². The third-order valence-electron chi connectivity index (χ3n) is 6.27. The average molecular weight is 416 g/mol. The van der Waals surface area contributed by atoms with E-state index in [1.54, 1.807) is 0 Å². The van der Waals surface area contributed by atoms with Crippen LogP contribution in [-0.4, -0.2) is 66.2 Å². The number of carbonyl (C=O) groups is 1. The summed E-state index contributed by atoms with van der Waals surface area (Å²) >= 11 is 6.03. The van der Waals surface area contributed by atoms with Gasteiger partial charge in [0.05, 0.1) is 18.8 Å². The summed E-state index contributed by atoms with van der Waals surface area (Å²) in [4.78, 5) is 17.8. The van der Waals surface area contributed by atoms with Gasteiger partial charge in [0, 0.05) is 54.8 Å². The van der Waals surface area contributed by atoms with Crippen LogP contribution in [0.5, 0.6) is 0 Å². The summed E-state index contributed by atoms with van der Waals surface area (Å²) in [6, 6.07) is 9.78. The van der Waals surface area contributed by atoms with Crippen molar-refractivity contribution in [2.75, 3.05) is 45.9 Å². The number of morpholine rings is 1. The first-order valence-electron chi connectivity index (χ1n) is 10.6. The summed E-state index contributed by atoms with van der Waals surface area (Å²) in [5.74, 6) is 0.835. The summed E-state index contributed by atoms with van der Waals surface area (Å²) < 4.78 is 7.58. The van der Waals surface area contributed by atoms with Gasteiger partial charge >= 0.3 is 0 Å². The summed E-state index contributed by atoms with van der Waals surface area (Å²) in [5, 5.41) is 0.715. The highest BCUT2D eigenvalue weighted by atomic mass is 35.5. The van der Waals surface area contributed by atoms with Gasteiger partial charge in [-0.3, -0.25) is 9.69 Å². The molecule has 3 heterocycles. The van der Waals surface area contributed by atoms with Gasteiger partial charge in [-0.15, -0.1) is 0 Å². The molecule has 0 atom stereocenters. The Hall–Kier alpha value is -1.82. The standard InChI is InChI=1S/C23H30ClN3O2/c1-17-15-22(18(2)27(17)21-5-3-20(24)4-6-21)23(28)26-9-7-19(8-10-26)16-25-11-13-29-14-12-25/h3-6,15,19H,7-14,16H2,1-2H3. The first-order valence-corrected chi connectivity index (χ1v) is 10.9. The number of hydrogen-bond acceptors (Lipinski definition) is 3. The molecule has 0 spiro atoms. The topological polar surface area (TPSA) is 37.7 Å². The zero-order valence-electron chi connectivity index (χ0n) is 17.4. The fourth-order valence-corrected chi connectivity index (χ4v) is 4.73. The summed E-state index contributed by atoms with van der Waals surface area (Å²) in [5.41, 5.74) is 3.90. The third-order valence-corrected chi connectivity index (χ3v) is 6.52. The van der Waals surface area contributed by atoms with Crippen LogP contribution < -0.4 is 0 Å². The molecular formula is C23H30ClN3O2. The number of ether oxygens (including phenoxy) is 1. The van der Waals surface area contributed by atoms with E-state index in [2.05, 4.69) is 9.47 Å². The van der Waals surface area contributed by atoms with Gasteiger partial charge in [0.25, 0.3) is 5.91 Å². The van der Waals surface area contributed by atoms with Crippen molar-refractivity contribution in [3.63, 3.8) is 0 Å². The lowest BCUT2D eigenvalue weighted by molar-refractivity contribution is 0.0243. The van der Waals surface area contributed by atoms with Gasteiger partial charge in [-0.25, -0.2) is 0 Å². The quantitative estimate of drug-likeness (QED) is 0.759. The minimum Gasteiger partial charge on any atom is -0.379 e. The second kappa shape index (κ2) is 8.90. The van der Waals surface area contributed by atoms with Gasteiger partial charge in [0.15, 0.2) is 0 Å². The number of amides is 1. The van der Waals surface area contributed by atoms with Crippen LogP contribution in [0.2, 0.25) is 5.02 Å². The zero-order valence-corrected chi connectivity index (χ0v) is 18.1. The summed E-state index contributed by atoms with van der Waals surface area (Å²) in [6.07, 6.45) is 2.16. The molecule has 1 aromatic carbocycles. The van der Waals surface area contributed by atoms with E-state index in [-0.39, 0.29) is 5.91 Å². The van der Waals surface area contributed by atoms with Gasteiger partial charge in [0.2, 0.25) is 0 Å². The molecule has 2 fully saturated rings. The van der Waals surface area contributed by atoms with Gasteiger partial charge < -0.3 is 14.2 Å². The Morgan fingerprint density at radius 3 is 2.38 bits per heavy atom. The molecule has 2 aromatic rings. The molecule has 6 heteroatoms. The number of piperidine rings is 1. The van der Waals surface area contributed by atoms with Crippen molar-refractivity contribution in [3.05, 3.63) is 52.3 Å². The van der Waals surface area contributed by atoms with Crippen LogP contribution in [-0.2, 0) is 4.74 Å². The number of aryl methyl sites for hydroxylation is 1. The van der Waals surface area contributed by atoms with E-state index in [0.717, 1.165) is 81.4 Å². The molecule has 4 rings (SSSR count). The lowest BCUT2D eigenvalue weighted by Gasteiger charge is -2.36. The zero-order chi connectivity index (χ0) is 20.4. The molecule has 5 nitrogen and oxygen atoms in total. The number of hydrogen-bond donors (Lipinski definition) is 0. The molecule has 0 unspecified atom stereocenters. The van der Waals surface area contributed by atoms with E-state index < -0.39 is 0 Å². The minimum absolute atomic E-state index is 0.156. The molecule has 1 amide bonds. The largest absolute Gasteiger partial charge is 0.379 e. The second-order valence-electron chi connectivity index (χ2n) is 8.25. The van der Waals surface area contributed by atoms with E-state index in [4.69, 9.17) is 16.3 Å². The van der Waals surface area contributed by atoms with E-state index in [1.807, 2.05) is 49.1 Å². The molecular weight excluding hydrogens is 386 g/mol. The number of halogens is 1. The molecule has 29 heavy (non-hydrogen) atoms. The van der Waals surface area contributed by atoms with Crippen LogP contribution in [0.1, 0.15) is 34.6 Å². The van der Waals surface area contributed by atoms with Crippen molar-refractivity contribution in [1.29, 1.82) is 0 Å². The fraction of sp³-hybridized carbons (Fsp3) is 0.522. The molecule has 2 aliphatic heterocycles. The Morgan fingerprint density at radius 1 is 1.07 bits per heavy atom. The predicted octanol–water partition coefficient (Wildman–Crippen LogP) is 3.93. The van der Waals surface area contributed by atoms with Crippen LogP contribution in [0.15, 0.2) is 30.3 Å². The second-order valence-corrected chi connectivity index (χ2v) is 8.68. The maximum Gasteiger partial charge on any atom is 0.255 e. The van der Waals surface area contributed by atoms with Crippen LogP contribution in [0.3, 0.4) is 0 Å². The van der Waals surface area contributed by atoms with E-state index in [0.29, 0.717) is 10.9 Å². The monoisotopic (exact) mass is 415 g/mol. The van der Waals surface area contributed by atoms with Crippen molar-refractivity contribution in [1.82, 2.24) is 14.4 Å². The third kappa shape index (κ3) is 4.52. The van der Waals surface area contributed by atoms with Crippen molar-refractivity contribution < 1.29 is 9.53 Å². The Morgan fingerprint density at radius 2 is 1.72 bits per heavy atom. The van der Waals surface area contributed by atoms with E-state index >= 15 is 0 Å². The van der Waals surface area contributed by atoms with Crippen LogP contribution >= 0.6 is 11.6 Å². The van der Waals surface area contributed by atoms with Gasteiger partial charge in [0.1, 0.15) is 0 Å². The number of benzene rings is 1. The maximum atomic E-state index is 13.2. The molecule has 0 saturated carbocycles. The first-order chi connectivity index (χ1) is 14.0. The lowest BCUT2D eigenvalue weighted by Crippen LogP contribution is -2.44. The van der Waals surface area contributed by atoms with Crippen molar-refractivity contribution in [3.8, 4) is 5.69 Å². The lowest BCUT2D eigenvalue weighted by atomic mass is 9.95. The Labute approximate surface area is 178 Å². The Kier molecular flexibility index (Phi) is 6.28. The maximum absolute atomic E-state index is 13.2. The highest BCUT2D eigenvalue weighted by Gasteiger charge is 2.27. The molecule has 156 valence electrons. The predicted molar refractivity (Wildman–Crippen MR) is 116 cm³/mol. The number of carbonyl (C=O) groups excluding carboxylic acids is 1. The van der Waals surface area contributed by atoms with Crippen molar-refractivity contribution in [2.45, 2.75) is 26.7 Å². The van der Waals surface area contributed by atoms with Gasteiger partial charge in [-0.2, -0.15) is 0 Å². The Balaban J connectivity index is 1.41. The van der Waals surface area contributed by atoms with E-state index in [9.17, 15) is 4.79 Å². The minimum atomic E-state index is 0.156. The number of rotatable bonds is 4. The van der Waals surface area contributed by atoms with Gasteiger partial charge in [-0.05, 0) is 62.9 Å². The molecule has 0 bridgehead atoms. The average Bonchev–Trinajstić information content (AvgIpc) is 3.04. The smallest absolute Gasteiger partial charge is 0.255 e. The molecule has 0 radical (unpaired) electrons. The number of nitrogens with zero attached hydrogens (tertiary/aromatic N) is 3. The summed E-state index contributed by atoms with van der Waals surface area (Å²) in [7, 11) is 0. The SMILES string of the molecule is Cc1cc(C(=O)N2CCC(CN3CCOCC3)CC2)c(C)n1-c1ccc(Cl)cc1. The molecule has 2 aliphatic rings. The fourth-order valence-electron chi connectivity index (χ4n) is 4.60. The van der Waals surface area contributed by atoms with Crippen LogP contribution in [0.25, 0.3) is 5.69 Å². The number of aromatic nitrogens is 1. The highest BCUT2D eigenvalue weighted by Crippen LogP contribution is 2.26. The normalized spacial score (nSPS) is 18.9. The molecule has 0 N–H and O–H groups in total. The Bertz CT molecular complexity index is 848. The van der Waals surface area contributed by atoms with Crippen LogP contribution in [0.4, 0.5) is 0 Å². The number of likely N-dealkylation sites (tertiary alicyclic amines) is 1.